The summed E-state index contributed by atoms with van der Waals surface area (Å²) < 4.78 is 44.4. The number of alkyl halides is 3. The van der Waals surface area contributed by atoms with Crippen LogP contribution in [0.1, 0.15) is 48.4 Å². The van der Waals surface area contributed by atoms with Crippen LogP contribution >= 0.6 is 0 Å². The molecule has 2 aliphatic heterocycles. The predicted octanol–water partition coefficient (Wildman–Crippen LogP) is 3.10. The summed E-state index contributed by atoms with van der Waals surface area (Å²) >= 11 is 0. The normalized spacial score (nSPS) is 24.3. The van der Waals surface area contributed by atoms with E-state index in [1.807, 2.05) is 0 Å². The first-order chi connectivity index (χ1) is 13.3. The molecule has 1 aliphatic carbocycles. The van der Waals surface area contributed by atoms with E-state index in [1.165, 1.54) is 13.2 Å². The second kappa shape index (κ2) is 6.83. The summed E-state index contributed by atoms with van der Waals surface area (Å²) in [7, 11) is 1.36. The van der Waals surface area contributed by atoms with Crippen molar-refractivity contribution in [2.45, 2.75) is 50.4 Å². The van der Waals surface area contributed by atoms with Crippen molar-refractivity contribution < 1.29 is 27.5 Å². The standard InChI is InChI=1S/C20H21F3N2O3/c1-28-17-16(15-4-2-3-9-25(15)19(17)27)18(26)24-14-8-6-11-5-7-12(10-13(11)14)20(21,22)23/h5,7,10,14-15H,2-4,6,8-9H2,1H3,(H,24,26). The lowest BCUT2D eigenvalue weighted by molar-refractivity contribution is -0.137. The second-order valence-corrected chi connectivity index (χ2v) is 7.43. The summed E-state index contributed by atoms with van der Waals surface area (Å²) in [5, 5.41) is 2.85. The molecule has 150 valence electrons. The maximum Gasteiger partial charge on any atom is 0.416 e. The van der Waals surface area contributed by atoms with Crippen LogP contribution in [0.25, 0.3) is 0 Å². The Morgan fingerprint density at radius 2 is 2.04 bits per heavy atom. The fourth-order valence-electron chi connectivity index (χ4n) is 4.49. The van der Waals surface area contributed by atoms with Crippen molar-refractivity contribution in [1.29, 1.82) is 0 Å². The van der Waals surface area contributed by atoms with E-state index in [1.54, 1.807) is 4.90 Å². The van der Waals surface area contributed by atoms with Crippen molar-refractivity contribution in [2.24, 2.45) is 0 Å². The largest absolute Gasteiger partial charge is 0.491 e. The lowest BCUT2D eigenvalue weighted by Crippen LogP contribution is -2.42. The fraction of sp³-hybridized carbons (Fsp3) is 0.500. The first kappa shape index (κ1) is 18.8. The zero-order valence-electron chi connectivity index (χ0n) is 15.4. The van der Waals surface area contributed by atoms with Gasteiger partial charge in [-0.2, -0.15) is 13.2 Å². The van der Waals surface area contributed by atoms with E-state index in [2.05, 4.69) is 5.32 Å². The van der Waals surface area contributed by atoms with Gasteiger partial charge in [0.2, 0.25) is 0 Å². The molecule has 1 aromatic rings. The molecule has 2 unspecified atom stereocenters. The molecule has 8 heteroatoms. The number of halogens is 3. The van der Waals surface area contributed by atoms with E-state index in [0.717, 1.165) is 30.5 Å². The molecular formula is C20H21F3N2O3. The lowest BCUT2D eigenvalue weighted by Gasteiger charge is -2.30. The smallest absolute Gasteiger partial charge is 0.416 e. The summed E-state index contributed by atoms with van der Waals surface area (Å²) in [5.74, 6) is -0.676. The Morgan fingerprint density at radius 3 is 2.75 bits per heavy atom. The minimum Gasteiger partial charge on any atom is -0.491 e. The van der Waals surface area contributed by atoms with Crippen molar-refractivity contribution in [2.75, 3.05) is 13.7 Å². The summed E-state index contributed by atoms with van der Waals surface area (Å²) in [6.45, 7) is 0.578. The van der Waals surface area contributed by atoms with Crippen LogP contribution < -0.4 is 5.32 Å². The van der Waals surface area contributed by atoms with Gasteiger partial charge in [0.1, 0.15) is 0 Å². The van der Waals surface area contributed by atoms with Gasteiger partial charge in [-0.3, -0.25) is 9.59 Å². The average Bonchev–Trinajstić information content (AvgIpc) is 3.19. The number of carbonyl (C=O) groups is 2. The molecule has 0 radical (unpaired) electrons. The van der Waals surface area contributed by atoms with E-state index in [0.29, 0.717) is 36.9 Å². The Labute approximate surface area is 160 Å². The summed E-state index contributed by atoms with van der Waals surface area (Å²) in [5.41, 5.74) is 0.875. The van der Waals surface area contributed by atoms with Crippen LogP contribution in [0, 0.1) is 0 Å². The Balaban J connectivity index is 1.60. The van der Waals surface area contributed by atoms with Crippen LogP contribution in [0.15, 0.2) is 29.5 Å². The van der Waals surface area contributed by atoms with E-state index < -0.39 is 23.7 Å². The lowest BCUT2D eigenvalue weighted by atomic mass is 9.97. The van der Waals surface area contributed by atoms with Crippen LogP contribution in [-0.4, -0.2) is 36.4 Å². The highest BCUT2D eigenvalue weighted by Crippen LogP contribution is 2.38. The highest BCUT2D eigenvalue weighted by atomic mass is 19.4. The Bertz CT molecular complexity index is 863. The number of hydrogen-bond donors (Lipinski definition) is 1. The first-order valence-corrected chi connectivity index (χ1v) is 9.41. The van der Waals surface area contributed by atoms with Gasteiger partial charge < -0.3 is 15.0 Å². The Hall–Kier alpha value is -2.51. The molecule has 1 aromatic carbocycles. The van der Waals surface area contributed by atoms with Gasteiger partial charge in [0.05, 0.1) is 30.3 Å². The molecule has 4 rings (SSSR count). The van der Waals surface area contributed by atoms with Crippen LogP contribution in [0.2, 0.25) is 0 Å². The minimum atomic E-state index is -4.43. The number of benzene rings is 1. The second-order valence-electron chi connectivity index (χ2n) is 7.43. The number of methoxy groups -OCH3 is 1. The molecule has 2 heterocycles. The number of aryl methyl sites for hydroxylation is 1. The van der Waals surface area contributed by atoms with Gasteiger partial charge in [-0.1, -0.05) is 6.07 Å². The first-order valence-electron chi connectivity index (χ1n) is 9.41. The predicted molar refractivity (Wildman–Crippen MR) is 94.0 cm³/mol. The summed E-state index contributed by atoms with van der Waals surface area (Å²) in [6, 6.07) is 2.84. The zero-order valence-corrected chi connectivity index (χ0v) is 15.4. The monoisotopic (exact) mass is 394 g/mol. The topological polar surface area (TPSA) is 58.6 Å². The third-order valence-corrected chi connectivity index (χ3v) is 5.84. The molecule has 3 aliphatic rings. The number of ether oxygens (including phenoxy) is 1. The fourth-order valence-corrected chi connectivity index (χ4v) is 4.49. The number of amides is 2. The van der Waals surface area contributed by atoms with Gasteiger partial charge in [0, 0.05) is 6.54 Å². The third kappa shape index (κ3) is 3.04. The molecule has 2 atom stereocenters. The number of fused-ring (bicyclic) bond motifs is 2. The average molecular weight is 394 g/mol. The van der Waals surface area contributed by atoms with Gasteiger partial charge in [-0.15, -0.1) is 0 Å². The molecule has 0 bridgehead atoms. The van der Waals surface area contributed by atoms with Crippen molar-refractivity contribution in [3.05, 3.63) is 46.2 Å². The minimum absolute atomic E-state index is 0.0478. The quantitative estimate of drug-likeness (QED) is 0.857. The van der Waals surface area contributed by atoms with Crippen LogP contribution in [-0.2, 0) is 26.9 Å². The number of nitrogens with one attached hydrogen (secondary N) is 1. The van der Waals surface area contributed by atoms with Crippen molar-refractivity contribution in [1.82, 2.24) is 10.2 Å². The van der Waals surface area contributed by atoms with Crippen molar-refractivity contribution >= 4 is 11.8 Å². The van der Waals surface area contributed by atoms with E-state index in [-0.39, 0.29) is 17.7 Å². The van der Waals surface area contributed by atoms with Crippen molar-refractivity contribution in [3.8, 4) is 0 Å². The van der Waals surface area contributed by atoms with Crippen LogP contribution in [0.3, 0.4) is 0 Å². The van der Waals surface area contributed by atoms with Gasteiger partial charge >= 0.3 is 6.18 Å². The Kier molecular flexibility index (Phi) is 4.59. The maximum atomic E-state index is 13.1. The van der Waals surface area contributed by atoms with Crippen LogP contribution in [0.5, 0.6) is 0 Å². The van der Waals surface area contributed by atoms with E-state index >= 15 is 0 Å². The number of carbonyl (C=O) groups excluding carboxylic acids is 2. The number of nitrogens with zero attached hydrogens (tertiary/aromatic N) is 1. The summed E-state index contributed by atoms with van der Waals surface area (Å²) in [6.07, 6.45) is -0.837. The summed E-state index contributed by atoms with van der Waals surface area (Å²) in [4.78, 5) is 27.2. The molecule has 2 amide bonds. The number of rotatable bonds is 3. The molecule has 1 saturated heterocycles. The molecule has 1 fully saturated rings. The van der Waals surface area contributed by atoms with Gasteiger partial charge in [0.15, 0.2) is 5.76 Å². The van der Waals surface area contributed by atoms with Crippen LogP contribution in [0.4, 0.5) is 13.2 Å². The molecule has 1 N–H and O–H groups in total. The maximum absolute atomic E-state index is 13.1. The molecule has 0 saturated carbocycles. The van der Waals surface area contributed by atoms with Crippen molar-refractivity contribution in [3.63, 3.8) is 0 Å². The molecule has 28 heavy (non-hydrogen) atoms. The molecular weight excluding hydrogens is 373 g/mol. The number of hydrogen-bond acceptors (Lipinski definition) is 3. The van der Waals surface area contributed by atoms with E-state index in [4.69, 9.17) is 4.74 Å². The molecule has 0 aromatic heterocycles. The number of piperidine rings is 1. The van der Waals surface area contributed by atoms with Gasteiger partial charge in [-0.25, -0.2) is 0 Å². The molecule has 0 spiro atoms. The Morgan fingerprint density at radius 1 is 1.25 bits per heavy atom. The zero-order chi connectivity index (χ0) is 20.1. The van der Waals surface area contributed by atoms with E-state index in [9.17, 15) is 22.8 Å². The van der Waals surface area contributed by atoms with Gasteiger partial charge in [0.25, 0.3) is 11.8 Å². The highest BCUT2D eigenvalue weighted by Gasteiger charge is 2.45. The molecule has 5 nitrogen and oxygen atoms in total. The van der Waals surface area contributed by atoms with Gasteiger partial charge in [-0.05, 0) is 55.4 Å². The SMILES string of the molecule is COC1=C(C(=O)NC2CCc3ccc(C(F)(F)F)cc32)C2CCCCN2C1=O. The highest BCUT2D eigenvalue weighted by molar-refractivity contribution is 6.08. The third-order valence-electron chi connectivity index (χ3n) is 5.84.